The van der Waals surface area contributed by atoms with Crippen molar-refractivity contribution in [3.8, 4) is 0 Å². The summed E-state index contributed by atoms with van der Waals surface area (Å²) >= 11 is 0. The number of rotatable bonds is 5. The highest BCUT2D eigenvalue weighted by Crippen LogP contribution is 2.27. The molecule has 1 saturated heterocycles. The van der Waals surface area contributed by atoms with Gasteiger partial charge in [-0.3, -0.25) is 4.79 Å². The molecule has 2 aliphatic rings. The van der Waals surface area contributed by atoms with Crippen LogP contribution in [0.5, 0.6) is 0 Å². The number of aryl methyl sites for hydroxylation is 1. The number of hydrogen-bond acceptors (Lipinski definition) is 6. The maximum atomic E-state index is 13.1. The Balaban J connectivity index is 1.44. The van der Waals surface area contributed by atoms with Crippen molar-refractivity contribution in [3.63, 3.8) is 0 Å². The average molecular weight is 473 g/mol. The molecule has 2 aromatic rings. The molecule has 8 nitrogen and oxygen atoms in total. The van der Waals surface area contributed by atoms with E-state index in [0.29, 0.717) is 6.54 Å². The van der Waals surface area contributed by atoms with E-state index in [-0.39, 0.29) is 41.7 Å². The van der Waals surface area contributed by atoms with Crippen molar-refractivity contribution in [1.82, 2.24) is 4.31 Å². The van der Waals surface area contributed by atoms with E-state index in [0.717, 1.165) is 24.1 Å². The van der Waals surface area contributed by atoms with E-state index in [1.165, 1.54) is 28.6 Å². The van der Waals surface area contributed by atoms with E-state index in [2.05, 4.69) is 0 Å². The summed E-state index contributed by atoms with van der Waals surface area (Å²) in [6.45, 7) is 4.29. The van der Waals surface area contributed by atoms with Crippen LogP contribution < -0.4 is 4.90 Å². The largest absolute Gasteiger partial charge is 0.452 e. The van der Waals surface area contributed by atoms with Gasteiger partial charge in [0.25, 0.3) is 5.91 Å². The lowest BCUT2D eigenvalue weighted by Gasteiger charge is -2.34. The molecule has 4 rings (SSSR count). The van der Waals surface area contributed by atoms with Crippen LogP contribution in [0.3, 0.4) is 0 Å². The number of benzene rings is 2. The van der Waals surface area contributed by atoms with Gasteiger partial charge in [-0.25, -0.2) is 13.2 Å². The molecule has 0 bridgehead atoms. The van der Waals surface area contributed by atoms with Gasteiger partial charge in [-0.05, 0) is 56.5 Å². The maximum absolute atomic E-state index is 13.1. The summed E-state index contributed by atoms with van der Waals surface area (Å²) in [5.74, 6) is -1.05. The standard InChI is InChI=1S/C24H28N2O6S/c1-17-14-25(15-18(2)32-17)33(29,30)21-10-5-8-20(13-21)24(28)31-16-23(27)26-12-6-9-19-7-3-4-11-22(19)26/h3-5,7-8,10-11,13,17-18H,6,9,12,14-16H2,1-2H3/t17-,18-/m0/s1. The summed E-state index contributed by atoms with van der Waals surface area (Å²) in [5.41, 5.74) is 2.01. The molecular formula is C24H28N2O6S. The molecule has 2 atom stereocenters. The number of esters is 1. The lowest BCUT2D eigenvalue weighted by atomic mass is 10.0. The first-order valence-corrected chi connectivity index (χ1v) is 12.5. The van der Waals surface area contributed by atoms with E-state index in [1.54, 1.807) is 4.90 Å². The molecule has 0 spiro atoms. The number of sulfonamides is 1. The molecule has 0 aromatic heterocycles. The molecule has 0 radical (unpaired) electrons. The number of morpholine rings is 1. The first kappa shape index (κ1) is 23.4. The van der Waals surface area contributed by atoms with Gasteiger partial charge in [0.2, 0.25) is 10.0 Å². The molecule has 2 aromatic carbocycles. The zero-order valence-corrected chi connectivity index (χ0v) is 19.6. The Bertz CT molecular complexity index is 1140. The Hall–Kier alpha value is -2.75. The van der Waals surface area contributed by atoms with Gasteiger partial charge in [-0.2, -0.15) is 4.31 Å². The van der Waals surface area contributed by atoms with Crippen molar-refractivity contribution in [2.24, 2.45) is 0 Å². The third-order valence-electron chi connectivity index (χ3n) is 5.83. The Morgan fingerprint density at radius 2 is 1.79 bits per heavy atom. The van der Waals surface area contributed by atoms with E-state index in [9.17, 15) is 18.0 Å². The highest BCUT2D eigenvalue weighted by molar-refractivity contribution is 7.89. The number of nitrogens with zero attached hydrogens (tertiary/aromatic N) is 2. The molecule has 1 fully saturated rings. The van der Waals surface area contributed by atoms with Crippen LogP contribution in [0.15, 0.2) is 53.4 Å². The zero-order valence-electron chi connectivity index (χ0n) is 18.8. The number of fused-ring (bicyclic) bond motifs is 1. The molecule has 0 saturated carbocycles. The van der Waals surface area contributed by atoms with Crippen LogP contribution in [0, 0.1) is 0 Å². The van der Waals surface area contributed by atoms with Crippen LogP contribution >= 0.6 is 0 Å². The van der Waals surface area contributed by atoms with Crippen molar-refractivity contribution >= 4 is 27.6 Å². The van der Waals surface area contributed by atoms with Crippen LogP contribution in [-0.4, -0.2) is 63.0 Å². The molecule has 0 aliphatic carbocycles. The highest BCUT2D eigenvalue weighted by atomic mass is 32.2. The molecule has 0 unspecified atom stereocenters. The molecule has 9 heteroatoms. The van der Waals surface area contributed by atoms with Gasteiger partial charge in [-0.1, -0.05) is 24.3 Å². The van der Waals surface area contributed by atoms with Gasteiger partial charge in [-0.15, -0.1) is 0 Å². The summed E-state index contributed by atoms with van der Waals surface area (Å²) in [6.07, 6.45) is 1.31. The third-order valence-corrected chi connectivity index (χ3v) is 7.66. The molecule has 1 amide bonds. The first-order valence-electron chi connectivity index (χ1n) is 11.1. The number of amides is 1. The molecule has 33 heavy (non-hydrogen) atoms. The smallest absolute Gasteiger partial charge is 0.338 e. The van der Waals surface area contributed by atoms with Crippen LogP contribution in [0.25, 0.3) is 0 Å². The minimum atomic E-state index is -3.80. The minimum absolute atomic E-state index is 0.00883. The summed E-state index contributed by atoms with van der Waals surface area (Å²) in [5, 5.41) is 0. The second-order valence-electron chi connectivity index (χ2n) is 8.46. The van der Waals surface area contributed by atoms with Gasteiger partial charge < -0.3 is 14.4 Å². The van der Waals surface area contributed by atoms with Crippen molar-refractivity contribution in [2.45, 2.75) is 43.8 Å². The predicted molar refractivity (Wildman–Crippen MR) is 123 cm³/mol. The number of anilines is 1. The SMILES string of the molecule is C[C@H]1CN(S(=O)(=O)c2cccc(C(=O)OCC(=O)N3CCCc4ccccc43)c2)C[C@H](C)O1. The van der Waals surface area contributed by atoms with Crippen molar-refractivity contribution in [3.05, 3.63) is 59.7 Å². The predicted octanol–water partition coefficient (Wildman–Crippen LogP) is 2.62. The lowest BCUT2D eigenvalue weighted by molar-refractivity contribution is -0.121. The van der Waals surface area contributed by atoms with Crippen LogP contribution in [0.4, 0.5) is 5.69 Å². The van der Waals surface area contributed by atoms with Gasteiger partial charge >= 0.3 is 5.97 Å². The monoisotopic (exact) mass is 472 g/mol. The van der Waals surface area contributed by atoms with Crippen LogP contribution in [-0.2, 0) is 30.7 Å². The van der Waals surface area contributed by atoms with Crippen LogP contribution in [0.1, 0.15) is 36.2 Å². The topological polar surface area (TPSA) is 93.2 Å². The third kappa shape index (κ3) is 5.10. The lowest BCUT2D eigenvalue weighted by Crippen LogP contribution is -2.48. The number of ether oxygens (including phenoxy) is 2. The Morgan fingerprint density at radius 1 is 1.06 bits per heavy atom. The Labute approximate surface area is 194 Å². The van der Waals surface area contributed by atoms with E-state index >= 15 is 0 Å². The fraction of sp³-hybridized carbons (Fsp3) is 0.417. The molecular weight excluding hydrogens is 444 g/mol. The van der Waals surface area contributed by atoms with Gasteiger partial charge in [0.15, 0.2) is 6.61 Å². The van der Waals surface area contributed by atoms with Crippen molar-refractivity contribution in [2.75, 3.05) is 31.1 Å². The molecule has 0 N–H and O–H groups in total. The summed E-state index contributed by atoms with van der Waals surface area (Å²) in [4.78, 5) is 27.0. The van der Waals surface area contributed by atoms with E-state index in [1.807, 2.05) is 38.1 Å². The summed E-state index contributed by atoms with van der Waals surface area (Å²) in [6, 6.07) is 13.4. The second-order valence-corrected chi connectivity index (χ2v) is 10.4. The highest BCUT2D eigenvalue weighted by Gasteiger charge is 2.32. The van der Waals surface area contributed by atoms with E-state index in [4.69, 9.17) is 9.47 Å². The quantitative estimate of drug-likeness (QED) is 0.621. The van der Waals surface area contributed by atoms with Crippen molar-refractivity contribution in [1.29, 1.82) is 0 Å². The van der Waals surface area contributed by atoms with Gasteiger partial charge in [0.05, 0.1) is 22.7 Å². The number of carbonyl (C=O) groups is 2. The summed E-state index contributed by atoms with van der Waals surface area (Å²) in [7, 11) is -3.80. The van der Waals surface area contributed by atoms with Crippen molar-refractivity contribution < 1.29 is 27.5 Å². The Kier molecular flexibility index (Phi) is 6.83. The first-order chi connectivity index (χ1) is 15.8. The van der Waals surface area contributed by atoms with Gasteiger partial charge in [0.1, 0.15) is 0 Å². The Morgan fingerprint density at radius 3 is 2.55 bits per heavy atom. The van der Waals surface area contributed by atoms with Gasteiger partial charge in [0, 0.05) is 25.3 Å². The minimum Gasteiger partial charge on any atom is -0.452 e. The number of para-hydroxylation sites is 1. The fourth-order valence-electron chi connectivity index (χ4n) is 4.34. The number of hydrogen-bond donors (Lipinski definition) is 0. The average Bonchev–Trinajstić information content (AvgIpc) is 2.81. The second kappa shape index (κ2) is 9.62. The maximum Gasteiger partial charge on any atom is 0.338 e. The zero-order chi connectivity index (χ0) is 23.6. The molecule has 2 aliphatic heterocycles. The summed E-state index contributed by atoms with van der Waals surface area (Å²) < 4.78 is 38.4. The normalized spacial score (nSPS) is 21.3. The van der Waals surface area contributed by atoms with Crippen LogP contribution in [0.2, 0.25) is 0 Å². The van der Waals surface area contributed by atoms with E-state index < -0.39 is 22.6 Å². The molecule has 176 valence electrons. The fourth-order valence-corrected chi connectivity index (χ4v) is 5.98. The molecule has 2 heterocycles. The number of carbonyl (C=O) groups excluding carboxylic acids is 2.